The fraction of sp³-hybridized carbons (Fsp3) is 0.667. The largest absolute Gasteiger partial charge is 0.369 e. The van der Waals surface area contributed by atoms with E-state index >= 15 is 0 Å². The number of hydrogen-bond donors (Lipinski definition) is 1. The lowest BCUT2D eigenvalue weighted by Gasteiger charge is -2.38. The molecule has 1 aromatic rings. The fourth-order valence-corrected chi connectivity index (χ4v) is 4.01. The maximum absolute atomic E-state index is 11.6. The Labute approximate surface area is 138 Å². The van der Waals surface area contributed by atoms with Crippen LogP contribution in [0.15, 0.2) is 18.3 Å². The zero-order valence-electron chi connectivity index (χ0n) is 14.1. The number of nitrogens with zero attached hydrogens (tertiary/aromatic N) is 3. The fourth-order valence-electron chi connectivity index (χ4n) is 4.01. The van der Waals surface area contributed by atoms with E-state index in [2.05, 4.69) is 14.8 Å². The average Bonchev–Trinajstić information content (AvgIpc) is 3.10. The molecule has 1 saturated heterocycles. The summed E-state index contributed by atoms with van der Waals surface area (Å²) in [6, 6.07) is 4.76. The topological polar surface area (TPSA) is 62.5 Å². The molecule has 5 nitrogen and oxygen atoms in total. The van der Waals surface area contributed by atoms with E-state index in [1.807, 2.05) is 19.1 Å². The number of rotatable bonds is 5. The summed E-state index contributed by atoms with van der Waals surface area (Å²) in [5, 5.41) is 0. The van der Waals surface area contributed by atoms with Gasteiger partial charge in [-0.25, -0.2) is 4.98 Å². The van der Waals surface area contributed by atoms with Crippen molar-refractivity contribution in [2.45, 2.75) is 51.0 Å². The Hall–Kier alpha value is -1.62. The first-order valence-corrected chi connectivity index (χ1v) is 8.93. The molecule has 1 saturated carbocycles. The predicted octanol–water partition coefficient (Wildman–Crippen LogP) is 2.13. The van der Waals surface area contributed by atoms with Gasteiger partial charge in [0.25, 0.3) is 0 Å². The second-order valence-electron chi connectivity index (χ2n) is 6.77. The molecule has 1 amide bonds. The number of nitrogens with two attached hydrogens (primary N) is 1. The first-order valence-electron chi connectivity index (χ1n) is 8.93. The monoisotopic (exact) mass is 316 g/mol. The van der Waals surface area contributed by atoms with E-state index in [0.717, 1.165) is 50.0 Å². The molecule has 126 valence electrons. The maximum atomic E-state index is 11.6. The molecular weight excluding hydrogens is 288 g/mol. The third kappa shape index (κ3) is 3.66. The number of carbonyl (C=O) groups is 1. The van der Waals surface area contributed by atoms with Crippen LogP contribution in [-0.2, 0) is 4.79 Å². The number of anilines is 1. The van der Waals surface area contributed by atoms with Crippen LogP contribution in [0.25, 0.3) is 0 Å². The number of carbonyl (C=O) groups excluding carboxylic acids is 1. The zero-order valence-corrected chi connectivity index (χ0v) is 14.1. The van der Waals surface area contributed by atoms with Crippen molar-refractivity contribution < 1.29 is 4.79 Å². The van der Waals surface area contributed by atoms with Crippen LogP contribution in [0.3, 0.4) is 0 Å². The van der Waals surface area contributed by atoms with Crippen molar-refractivity contribution in [3.63, 3.8) is 0 Å². The summed E-state index contributed by atoms with van der Waals surface area (Å²) in [5.74, 6) is 0.514. The number of amides is 1. The van der Waals surface area contributed by atoms with Crippen molar-refractivity contribution in [3.05, 3.63) is 23.9 Å². The van der Waals surface area contributed by atoms with Gasteiger partial charge >= 0.3 is 0 Å². The van der Waals surface area contributed by atoms with Crippen molar-refractivity contribution in [2.24, 2.45) is 5.73 Å². The first kappa shape index (κ1) is 16.2. The van der Waals surface area contributed by atoms with Gasteiger partial charge in [-0.1, -0.05) is 19.8 Å². The predicted molar refractivity (Wildman–Crippen MR) is 92.5 cm³/mol. The van der Waals surface area contributed by atoms with Crippen molar-refractivity contribution in [2.75, 3.05) is 31.1 Å². The van der Waals surface area contributed by atoms with E-state index in [4.69, 9.17) is 5.73 Å². The Kier molecular flexibility index (Phi) is 5.16. The highest BCUT2D eigenvalue weighted by Gasteiger charge is 2.27. The molecule has 0 bridgehead atoms. The molecule has 2 N–H and O–H groups in total. The summed E-state index contributed by atoms with van der Waals surface area (Å²) in [7, 11) is 0. The van der Waals surface area contributed by atoms with Crippen LogP contribution in [0, 0.1) is 0 Å². The van der Waals surface area contributed by atoms with Crippen molar-refractivity contribution in [3.8, 4) is 0 Å². The molecule has 0 aromatic carbocycles. The molecular formula is C18H28N4O. The minimum Gasteiger partial charge on any atom is -0.369 e. The normalized spacial score (nSPS) is 21.5. The Morgan fingerprint density at radius 3 is 2.61 bits per heavy atom. The minimum absolute atomic E-state index is 0.212. The van der Waals surface area contributed by atoms with Gasteiger partial charge in [0.1, 0.15) is 5.82 Å². The molecule has 2 heterocycles. The molecule has 1 unspecified atom stereocenters. The lowest BCUT2D eigenvalue weighted by Crippen LogP contribution is -2.50. The number of hydrogen-bond acceptors (Lipinski definition) is 4. The van der Waals surface area contributed by atoms with Gasteiger partial charge in [0.15, 0.2) is 0 Å². The molecule has 23 heavy (non-hydrogen) atoms. The third-order valence-corrected chi connectivity index (χ3v) is 5.40. The van der Waals surface area contributed by atoms with Crippen molar-refractivity contribution >= 4 is 11.7 Å². The van der Waals surface area contributed by atoms with Crippen LogP contribution < -0.4 is 10.6 Å². The number of piperazine rings is 1. The second kappa shape index (κ2) is 7.30. The van der Waals surface area contributed by atoms with Crippen LogP contribution in [0.5, 0.6) is 0 Å². The van der Waals surface area contributed by atoms with Gasteiger partial charge < -0.3 is 10.6 Å². The summed E-state index contributed by atoms with van der Waals surface area (Å²) in [6.45, 7) is 6.25. The van der Waals surface area contributed by atoms with Gasteiger partial charge in [0.05, 0.1) is 5.92 Å². The number of aromatic nitrogens is 1. The van der Waals surface area contributed by atoms with Crippen LogP contribution in [0.2, 0.25) is 0 Å². The third-order valence-electron chi connectivity index (χ3n) is 5.40. The van der Waals surface area contributed by atoms with E-state index < -0.39 is 0 Å². The lowest BCUT2D eigenvalue weighted by molar-refractivity contribution is -0.119. The van der Waals surface area contributed by atoms with Gasteiger partial charge in [0.2, 0.25) is 5.91 Å². The van der Waals surface area contributed by atoms with Gasteiger partial charge in [-0.15, -0.1) is 0 Å². The highest BCUT2D eigenvalue weighted by atomic mass is 16.1. The van der Waals surface area contributed by atoms with Crippen LogP contribution in [0.4, 0.5) is 5.82 Å². The first-order chi connectivity index (χ1) is 11.2. The molecule has 2 aliphatic rings. The summed E-state index contributed by atoms with van der Waals surface area (Å²) in [4.78, 5) is 21.1. The Morgan fingerprint density at radius 2 is 2.00 bits per heavy atom. The van der Waals surface area contributed by atoms with E-state index in [0.29, 0.717) is 0 Å². The average molecular weight is 316 g/mol. The number of primary amides is 1. The minimum atomic E-state index is -0.254. The highest BCUT2D eigenvalue weighted by molar-refractivity contribution is 5.82. The number of pyridine rings is 1. The molecule has 3 rings (SSSR count). The van der Waals surface area contributed by atoms with E-state index in [-0.39, 0.29) is 11.8 Å². The van der Waals surface area contributed by atoms with Gasteiger partial charge in [-0.3, -0.25) is 9.69 Å². The summed E-state index contributed by atoms with van der Waals surface area (Å²) >= 11 is 0. The summed E-state index contributed by atoms with van der Waals surface area (Å²) < 4.78 is 0. The van der Waals surface area contributed by atoms with Crippen LogP contribution in [0.1, 0.15) is 50.5 Å². The second-order valence-corrected chi connectivity index (χ2v) is 6.77. The van der Waals surface area contributed by atoms with Crippen molar-refractivity contribution in [1.29, 1.82) is 0 Å². The maximum Gasteiger partial charge on any atom is 0.224 e. The van der Waals surface area contributed by atoms with E-state index in [1.54, 1.807) is 6.20 Å². The van der Waals surface area contributed by atoms with E-state index in [1.165, 1.54) is 25.7 Å². The molecule has 1 aromatic heterocycles. The van der Waals surface area contributed by atoms with Crippen molar-refractivity contribution in [1.82, 2.24) is 9.88 Å². The van der Waals surface area contributed by atoms with Gasteiger partial charge in [0, 0.05) is 38.4 Å². The van der Waals surface area contributed by atoms with Crippen LogP contribution in [-0.4, -0.2) is 48.0 Å². The molecule has 1 aliphatic carbocycles. The van der Waals surface area contributed by atoms with Crippen LogP contribution >= 0.6 is 0 Å². The Bertz CT molecular complexity index is 534. The molecule has 1 atom stereocenters. The molecule has 0 radical (unpaired) electrons. The summed E-state index contributed by atoms with van der Waals surface area (Å²) in [6.07, 6.45) is 8.04. The molecule has 2 fully saturated rings. The van der Waals surface area contributed by atoms with Gasteiger partial charge in [-0.05, 0) is 37.0 Å². The molecule has 1 aliphatic heterocycles. The van der Waals surface area contributed by atoms with Gasteiger partial charge in [-0.2, -0.15) is 0 Å². The SMILES string of the molecule is CCC(C(N)=O)c1ccnc(N2CCN(C3CCCC3)CC2)c1. The standard InChI is InChI=1S/C18H28N4O/c1-2-16(18(19)23)14-7-8-20-17(13-14)22-11-9-21(10-12-22)15-5-3-4-6-15/h7-8,13,15-16H,2-6,9-12H2,1H3,(H2,19,23). The molecule has 0 spiro atoms. The molecule has 5 heteroatoms. The lowest BCUT2D eigenvalue weighted by atomic mass is 9.96. The van der Waals surface area contributed by atoms with E-state index in [9.17, 15) is 4.79 Å². The Morgan fingerprint density at radius 1 is 1.30 bits per heavy atom. The smallest absolute Gasteiger partial charge is 0.224 e. The quantitative estimate of drug-likeness (QED) is 0.904. The zero-order chi connectivity index (χ0) is 16.2. The summed E-state index contributed by atoms with van der Waals surface area (Å²) in [5.41, 5.74) is 6.51. The highest BCUT2D eigenvalue weighted by Crippen LogP contribution is 2.26. The Balaban J connectivity index is 1.65.